The average Bonchev–Trinajstić information content (AvgIpc) is 3.25. The number of ether oxygens (including phenoxy) is 4. The predicted molar refractivity (Wildman–Crippen MR) is 120 cm³/mol. The largest absolute Gasteiger partial charge is 0.494 e. The zero-order valence-corrected chi connectivity index (χ0v) is 19.7. The van der Waals surface area contributed by atoms with E-state index in [0.29, 0.717) is 63.8 Å². The third kappa shape index (κ3) is 5.38. The number of aromatic nitrogens is 4. The van der Waals surface area contributed by atoms with Crippen LogP contribution in [0.25, 0.3) is 11.1 Å². The Morgan fingerprint density at radius 2 is 2.12 bits per heavy atom. The van der Waals surface area contributed by atoms with E-state index in [2.05, 4.69) is 41.4 Å². The number of aryl methyl sites for hydroxylation is 1. The van der Waals surface area contributed by atoms with E-state index in [0.717, 1.165) is 17.0 Å². The normalized spacial score (nSPS) is 15.9. The molecule has 4 heterocycles. The van der Waals surface area contributed by atoms with Crippen molar-refractivity contribution in [1.29, 1.82) is 0 Å². The van der Waals surface area contributed by atoms with Crippen LogP contribution in [-0.2, 0) is 9.47 Å². The zero-order valence-electron chi connectivity index (χ0n) is 17.3. The van der Waals surface area contributed by atoms with Gasteiger partial charge in [-0.2, -0.15) is 0 Å². The highest BCUT2D eigenvalue weighted by atomic mass is 79.9. The number of hydrogen-bond acceptors (Lipinski definition) is 10. The second-order valence-electron chi connectivity index (χ2n) is 6.78. The molecule has 1 aliphatic heterocycles. The highest BCUT2D eigenvalue weighted by Crippen LogP contribution is 2.34. The van der Waals surface area contributed by atoms with Crippen LogP contribution < -0.4 is 14.8 Å². The summed E-state index contributed by atoms with van der Waals surface area (Å²) in [6, 6.07) is 3.61. The molecular formula is C20H20BrN5O5S. The van der Waals surface area contributed by atoms with Crippen LogP contribution in [0.2, 0.25) is 0 Å². The van der Waals surface area contributed by atoms with Crippen LogP contribution in [0.1, 0.15) is 16.1 Å². The van der Waals surface area contributed by atoms with Gasteiger partial charge < -0.3 is 18.9 Å². The van der Waals surface area contributed by atoms with Gasteiger partial charge in [0.05, 0.1) is 38.7 Å². The summed E-state index contributed by atoms with van der Waals surface area (Å²) in [6.07, 6.45) is 2.96. The van der Waals surface area contributed by atoms with E-state index in [1.165, 1.54) is 6.20 Å². The third-order valence-corrected chi connectivity index (χ3v) is 5.72. The van der Waals surface area contributed by atoms with Gasteiger partial charge in [-0.05, 0) is 46.3 Å². The molecule has 1 saturated heterocycles. The first-order valence-electron chi connectivity index (χ1n) is 9.67. The molecule has 1 N–H and O–H groups in total. The van der Waals surface area contributed by atoms with Crippen molar-refractivity contribution >= 4 is 38.3 Å². The molecule has 12 heteroatoms. The Morgan fingerprint density at radius 3 is 2.91 bits per heavy atom. The van der Waals surface area contributed by atoms with Gasteiger partial charge in [-0.3, -0.25) is 15.1 Å². The standard InChI is InChI=1S/C20H20BrN5O5S/c1-11-5-13(14-6-17(21)23-8-16(14)28-2)15(7-22-11)18(27)24-19-25-26-20(32-19)31-10-12-9-29-3-4-30-12/h5-8,12H,3-4,9-10H2,1-2H3,(H,24,25,27). The second-order valence-corrected chi connectivity index (χ2v) is 8.54. The number of methoxy groups -OCH3 is 1. The number of nitrogens with zero attached hydrogens (tertiary/aromatic N) is 4. The topological polar surface area (TPSA) is 118 Å². The number of rotatable bonds is 7. The maximum Gasteiger partial charge on any atom is 0.295 e. The highest BCUT2D eigenvalue weighted by molar-refractivity contribution is 9.10. The number of halogens is 1. The van der Waals surface area contributed by atoms with Crippen LogP contribution in [0.4, 0.5) is 5.13 Å². The quantitative estimate of drug-likeness (QED) is 0.467. The van der Waals surface area contributed by atoms with Gasteiger partial charge in [-0.25, -0.2) is 4.98 Å². The number of nitrogens with one attached hydrogen (secondary N) is 1. The van der Waals surface area contributed by atoms with Crippen molar-refractivity contribution in [1.82, 2.24) is 20.2 Å². The van der Waals surface area contributed by atoms with Gasteiger partial charge in [0.2, 0.25) is 5.13 Å². The van der Waals surface area contributed by atoms with Gasteiger partial charge in [0.25, 0.3) is 11.1 Å². The summed E-state index contributed by atoms with van der Waals surface area (Å²) in [5.41, 5.74) is 2.48. The molecule has 0 radical (unpaired) electrons. The Labute approximate surface area is 196 Å². The Kier molecular flexibility index (Phi) is 7.25. The van der Waals surface area contributed by atoms with Crippen LogP contribution in [0, 0.1) is 6.92 Å². The second kappa shape index (κ2) is 10.3. The van der Waals surface area contributed by atoms with Crippen LogP contribution in [-0.4, -0.2) is 65.7 Å². The number of hydrogen-bond donors (Lipinski definition) is 1. The molecule has 1 fully saturated rings. The van der Waals surface area contributed by atoms with E-state index in [4.69, 9.17) is 18.9 Å². The summed E-state index contributed by atoms with van der Waals surface area (Å²) in [5, 5.41) is 11.4. The average molecular weight is 522 g/mol. The van der Waals surface area contributed by atoms with E-state index < -0.39 is 0 Å². The number of carbonyl (C=O) groups excluding carboxylic acids is 1. The lowest BCUT2D eigenvalue weighted by Crippen LogP contribution is -2.33. The van der Waals surface area contributed by atoms with Crippen molar-refractivity contribution in [3.8, 4) is 22.1 Å². The lowest BCUT2D eigenvalue weighted by molar-refractivity contribution is -0.101. The highest BCUT2D eigenvalue weighted by Gasteiger charge is 2.20. The Hall–Kier alpha value is -2.67. The summed E-state index contributed by atoms with van der Waals surface area (Å²) < 4.78 is 22.5. The zero-order chi connectivity index (χ0) is 22.5. The molecule has 1 amide bonds. The molecule has 4 rings (SSSR count). The number of anilines is 1. The molecule has 0 aliphatic carbocycles. The van der Waals surface area contributed by atoms with Crippen molar-refractivity contribution in [2.45, 2.75) is 13.0 Å². The number of carbonyl (C=O) groups is 1. The van der Waals surface area contributed by atoms with E-state index in [9.17, 15) is 4.79 Å². The van der Waals surface area contributed by atoms with Gasteiger partial charge in [0.15, 0.2) is 0 Å². The SMILES string of the molecule is COc1cnc(Br)cc1-c1cc(C)ncc1C(=O)Nc1nnc(OCC2COCCO2)s1. The summed E-state index contributed by atoms with van der Waals surface area (Å²) in [7, 11) is 1.55. The van der Waals surface area contributed by atoms with Crippen LogP contribution >= 0.6 is 27.3 Å². The number of amides is 1. The fourth-order valence-corrected chi connectivity index (χ4v) is 3.96. The lowest BCUT2D eigenvalue weighted by atomic mass is 10.0. The fraction of sp³-hybridized carbons (Fsp3) is 0.350. The van der Waals surface area contributed by atoms with Crippen LogP contribution in [0.5, 0.6) is 10.9 Å². The molecule has 3 aromatic heterocycles. The smallest absolute Gasteiger partial charge is 0.295 e. The summed E-state index contributed by atoms with van der Waals surface area (Å²) in [6.45, 7) is 3.75. The molecule has 0 saturated carbocycles. The fourth-order valence-electron chi connectivity index (χ4n) is 3.03. The Balaban J connectivity index is 1.51. The molecular weight excluding hydrogens is 502 g/mol. The first-order chi connectivity index (χ1) is 15.5. The summed E-state index contributed by atoms with van der Waals surface area (Å²) in [4.78, 5) is 21.5. The molecule has 0 aromatic carbocycles. The van der Waals surface area contributed by atoms with Gasteiger partial charge >= 0.3 is 0 Å². The molecule has 168 valence electrons. The molecule has 10 nitrogen and oxygen atoms in total. The van der Waals surface area contributed by atoms with Crippen molar-refractivity contribution in [3.63, 3.8) is 0 Å². The summed E-state index contributed by atoms with van der Waals surface area (Å²) >= 11 is 4.50. The third-order valence-electron chi connectivity index (χ3n) is 4.53. The minimum Gasteiger partial charge on any atom is -0.494 e. The van der Waals surface area contributed by atoms with E-state index >= 15 is 0 Å². The predicted octanol–water partition coefficient (Wildman–Crippen LogP) is 3.12. The minimum atomic E-state index is -0.380. The van der Waals surface area contributed by atoms with Crippen molar-refractivity contribution in [2.24, 2.45) is 0 Å². The minimum absolute atomic E-state index is 0.151. The van der Waals surface area contributed by atoms with E-state index in [1.54, 1.807) is 19.4 Å². The molecule has 1 unspecified atom stereocenters. The van der Waals surface area contributed by atoms with Crippen LogP contribution in [0.3, 0.4) is 0 Å². The molecule has 1 atom stereocenters. The van der Waals surface area contributed by atoms with E-state index in [-0.39, 0.29) is 12.0 Å². The Bertz CT molecular complexity index is 1110. The summed E-state index contributed by atoms with van der Waals surface area (Å²) in [5.74, 6) is 0.155. The molecule has 0 spiro atoms. The lowest BCUT2D eigenvalue weighted by Gasteiger charge is -2.22. The molecule has 32 heavy (non-hydrogen) atoms. The molecule has 0 bridgehead atoms. The van der Waals surface area contributed by atoms with Crippen molar-refractivity contribution < 1.29 is 23.7 Å². The molecule has 3 aromatic rings. The Morgan fingerprint density at radius 1 is 1.25 bits per heavy atom. The van der Waals surface area contributed by atoms with Crippen LogP contribution in [0.15, 0.2) is 29.1 Å². The van der Waals surface area contributed by atoms with Gasteiger partial charge in [0, 0.05) is 23.0 Å². The van der Waals surface area contributed by atoms with Crippen molar-refractivity contribution in [2.75, 3.05) is 38.9 Å². The monoisotopic (exact) mass is 521 g/mol. The first kappa shape index (κ1) is 22.5. The first-order valence-corrected chi connectivity index (χ1v) is 11.3. The molecule has 1 aliphatic rings. The van der Waals surface area contributed by atoms with E-state index in [1.807, 2.05) is 13.0 Å². The van der Waals surface area contributed by atoms with Crippen molar-refractivity contribution in [3.05, 3.63) is 40.4 Å². The van der Waals surface area contributed by atoms with Gasteiger partial charge in [0.1, 0.15) is 23.1 Å². The van der Waals surface area contributed by atoms with Gasteiger partial charge in [-0.1, -0.05) is 5.10 Å². The maximum atomic E-state index is 13.1. The number of pyridine rings is 2. The maximum absolute atomic E-state index is 13.1. The van der Waals surface area contributed by atoms with Gasteiger partial charge in [-0.15, -0.1) is 5.10 Å².